The van der Waals surface area contributed by atoms with E-state index in [-0.39, 0.29) is 41.2 Å². The van der Waals surface area contributed by atoms with Gasteiger partial charge in [0.05, 0.1) is 37.1 Å². The number of methoxy groups -OCH3 is 4. The van der Waals surface area contributed by atoms with Crippen molar-refractivity contribution < 1.29 is 34.3 Å². The van der Waals surface area contributed by atoms with Gasteiger partial charge in [-0.25, -0.2) is 0 Å². The van der Waals surface area contributed by atoms with Gasteiger partial charge in [-0.3, -0.25) is 4.90 Å². The lowest BCUT2D eigenvalue weighted by molar-refractivity contribution is -0.324. The SMILES string of the molecule is CCN1CC2(COC)CCC(O)C34C5CC6C(OC)CC(OC)(C5C6O)C(O)(C(OC)C23)C14. The summed E-state index contributed by atoms with van der Waals surface area (Å²) in [5, 5.41) is 36.7. The molecule has 13 unspecified atom stereocenters. The largest absolute Gasteiger partial charge is 0.392 e. The molecular weight excluding hydrogens is 426 g/mol. The molecule has 8 heteroatoms. The van der Waals surface area contributed by atoms with Gasteiger partial charge in [-0.1, -0.05) is 6.92 Å². The highest BCUT2D eigenvalue weighted by Crippen LogP contribution is 2.80. The van der Waals surface area contributed by atoms with Gasteiger partial charge in [0, 0.05) is 70.0 Å². The Kier molecular flexibility index (Phi) is 4.99. The number of nitrogens with zero attached hydrogens (tertiary/aromatic N) is 1. The number of fused-ring (bicyclic) bond motifs is 2. The van der Waals surface area contributed by atoms with Gasteiger partial charge in [0.2, 0.25) is 0 Å². The van der Waals surface area contributed by atoms with Crippen LogP contribution in [0.4, 0.5) is 0 Å². The molecule has 1 aliphatic heterocycles. The fourth-order valence-electron chi connectivity index (χ4n) is 11.0. The fraction of sp³-hybridized carbons (Fsp3) is 1.00. The topological polar surface area (TPSA) is 101 Å². The molecule has 8 nitrogen and oxygen atoms in total. The zero-order valence-corrected chi connectivity index (χ0v) is 20.6. The van der Waals surface area contributed by atoms with E-state index >= 15 is 0 Å². The Bertz CT molecular complexity index is 814. The van der Waals surface area contributed by atoms with Gasteiger partial charge in [-0.15, -0.1) is 0 Å². The second-order valence-corrected chi connectivity index (χ2v) is 11.9. The fourth-order valence-corrected chi connectivity index (χ4v) is 11.0. The molecule has 0 aromatic rings. The number of likely N-dealkylation sites (N-methyl/N-ethyl adjacent to an activating group) is 1. The van der Waals surface area contributed by atoms with Crippen molar-refractivity contribution in [1.29, 1.82) is 0 Å². The van der Waals surface area contributed by atoms with E-state index < -0.39 is 34.9 Å². The monoisotopic (exact) mass is 467 g/mol. The van der Waals surface area contributed by atoms with Crippen LogP contribution in [-0.2, 0) is 18.9 Å². The molecule has 6 fully saturated rings. The average Bonchev–Trinajstić information content (AvgIpc) is 3.16. The zero-order valence-electron chi connectivity index (χ0n) is 20.6. The van der Waals surface area contributed by atoms with Gasteiger partial charge in [-0.05, 0) is 31.7 Å². The molecule has 13 atom stereocenters. The summed E-state index contributed by atoms with van der Waals surface area (Å²) in [6.45, 7) is 4.26. The number of piperidine rings is 1. The highest BCUT2D eigenvalue weighted by atomic mass is 16.5. The number of hydrogen-bond donors (Lipinski definition) is 3. The first kappa shape index (κ1) is 23.1. The summed E-state index contributed by atoms with van der Waals surface area (Å²) in [6.07, 6.45) is 0.834. The van der Waals surface area contributed by atoms with Crippen LogP contribution < -0.4 is 0 Å². The number of aliphatic hydroxyl groups is 3. The Labute approximate surface area is 196 Å². The van der Waals surface area contributed by atoms with Crippen molar-refractivity contribution in [3.63, 3.8) is 0 Å². The Morgan fingerprint density at radius 2 is 1.85 bits per heavy atom. The van der Waals surface area contributed by atoms with Crippen LogP contribution in [0.2, 0.25) is 0 Å². The van der Waals surface area contributed by atoms with Crippen molar-refractivity contribution in [1.82, 2.24) is 4.90 Å². The van der Waals surface area contributed by atoms with Gasteiger partial charge < -0.3 is 34.3 Å². The van der Waals surface area contributed by atoms with Crippen LogP contribution in [0.25, 0.3) is 0 Å². The lowest BCUT2D eigenvalue weighted by Crippen LogP contribution is -2.82. The van der Waals surface area contributed by atoms with Crippen LogP contribution in [0.3, 0.4) is 0 Å². The molecule has 0 aromatic heterocycles. The number of rotatable bonds is 6. The summed E-state index contributed by atoms with van der Waals surface area (Å²) in [6, 6.07) is -0.312. The molecule has 188 valence electrons. The second-order valence-electron chi connectivity index (χ2n) is 11.9. The first-order chi connectivity index (χ1) is 15.8. The third-order valence-electron chi connectivity index (χ3n) is 11.6. The summed E-state index contributed by atoms with van der Waals surface area (Å²) in [4.78, 5) is 2.38. The molecule has 0 amide bonds. The molecular formula is C25H41NO7. The maximum Gasteiger partial charge on any atom is 0.136 e. The van der Waals surface area contributed by atoms with Gasteiger partial charge in [-0.2, -0.15) is 0 Å². The van der Waals surface area contributed by atoms with E-state index in [2.05, 4.69) is 11.8 Å². The Morgan fingerprint density at radius 1 is 1.09 bits per heavy atom. The third kappa shape index (κ3) is 2.16. The summed E-state index contributed by atoms with van der Waals surface area (Å²) < 4.78 is 24.5. The maximum atomic E-state index is 13.1. The van der Waals surface area contributed by atoms with Gasteiger partial charge >= 0.3 is 0 Å². The first-order valence-corrected chi connectivity index (χ1v) is 12.7. The van der Waals surface area contributed by atoms with E-state index in [1.54, 1.807) is 28.4 Å². The molecule has 5 saturated carbocycles. The van der Waals surface area contributed by atoms with Crippen molar-refractivity contribution in [3.8, 4) is 0 Å². The van der Waals surface area contributed by atoms with E-state index in [1.165, 1.54) is 0 Å². The highest BCUT2D eigenvalue weighted by Gasteiger charge is 2.91. The number of likely N-dealkylation sites (tertiary alicyclic amines) is 1. The maximum absolute atomic E-state index is 13.1. The minimum Gasteiger partial charge on any atom is -0.392 e. The van der Waals surface area contributed by atoms with E-state index in [1.807, 2.05) is 0 Å². The normalized spacial score (nSPS) is 60.9. The van der Waals surface area contributed by atoms with Crippen LogP contribution in [0, 0.1) is 34.5 Å². The minimum atomic E-state index is -1.40. The van der Waals surface area contributed by atoms with Crippen molar-refractivity contribution in [2.24, 2.45) is 34.5 Å². The van der Waals surface area contributed by atoms with Gasteiger partial charge in [0.15, 0.2) is 0 Å². The van der Waals surface area contributed by atoms with Crippen LogP contribution >= 0.6 is 0 Å². The van der Waals surface area contributed by atoms with Crippen LogP contribution in [-0.4, -0.2) is 110 Å². The lowest BCUT2D eigenvalue weighted by Gasteiger charge is -2.70. The standard InChI is InChI=1S/C25H41NO7/c1-6-26-11-22(12-30-2)8-7-16(27)24-14-9-13-15(31-3)10-23(33-5,17(14)18(13)28)25(29,21(24)26)20(32-4)19(22)24/h13-21,27-29H,6-12H2,1-5H3. The van der Waals surface area contributed by atoms with E-state index in [0.29, 0.717) is 19.4 Å². The highest BCUT2D eigenvalue weighted by molar-refractivity contribution is 5.41. The Balaban J connectivity index is 1.68. The summed E-state index contributed by atoms with van der Waals surface area (Å²) in [7, 11) is 6.79. The summed E-state index contributed by atoms with van der Waals surface area (Å²) in [5.74, 6) is -0.360. The van der Waals surface area contributed by atoms with Gasteiger partial charge in [0.1, 0.15) is 11.2 Å². The van der Waals surface area contributed by atoms with Crippen molar-refractivity contribution in [2.45, 2.75) is 74.3 Å². The molecule has 3 N–H and O–H groups in total. The Morgan fingerprint density at radius 3 is 2.45 bits per heavy atom. The molecule has 7 bridgehead atoms. The molecule has 6 rings (SSSR count). The molecule has 33 heavy (non-hydrogen) atoms. The third-order valence-corrected chi connectivity index (χ3v) is 11.6. The molecule has 0 radical (unpaired) electrons. The number of hydrogen-bond acceptors (Lipinski definition) is 8. The van der Waals surface area contributed by atoms with E-state index in [4.69, 9.17) is 18.9 Å². The lowest BCUT2D eigenvalue weighted by atomic mass is 9.42. The molecule has 6 aliphatic rings. The predicted molar refractivity (Wildman–Crippen MR) is 119 cm³/mol. The van der Waals surface area contributed by atoms with Crippen LogP contribution in [0.1, 0.15) is 32.6 Å². The predicted octanol–water partition coefficient (Wildman–Crippen LogP) is 0.271. The summed E-state index contributed by atoms with van der Waals surface area (Å²) in [5.41, 5.74) is -3.24. The van der Waals surface area contributed by atoms with E-state index in [0.717, 1.165) is 25.9 Å². The number of aliphatic hydroxyl groups excluding tert-OH is 2. The molecule has 1 spiro atoms. The molecule has 1 heterocycles. The molecule has 1 saturated heterocycles. The van der Waals surface area contributed by atoms with Crippen molar-refractivity contribution in [2.75, 3.05) is 48.1 Å². The Hall–Kier alpha value is -0.320. The molecule has 5 aliphatic carbocycles. The zero-order chi connectivity index (χ0) is 23.6. The van der Waals surface area contributed by atoms with Gasteiger partial charge in [0.25, 0.3) is 0 Å². The molecule has 0 aromatic carbocycles. The summed E-state index contributed by atoms with van der Waals surface area (Å²) >= 11 is 0. The first-order valence-electron chi connectivity index (χ1n) is 12.7. The van der Waals surface area contributed by atoms with Crippen molar-refractivity contribution in [3.05, 3.63) is 0 Å². The van der Waals surface area contributed by atoms with Crippen LogP contribution in [0.5, 0.6) is 0 Å². The quantitative estimate of drug-likeness (QED) is 0.512. The second kappa shape index (κ2) is 7.13. The van der Waals surface area contributed by atoms with E-state index in [9.17, 15) is 15.3 Å². The van der Waals surface area contributed by atoms with Crippen LogP contribution in [0.15, 0.2) is 0 Å². The smallest absolute Gasteiger partial charge is 0.136 e. The number of ether oxygens (including phenoxy) is 4. The minimum absolute atomic E-state index is 0.00825. The van der Waals surface area contributed by atoms with Crippen molar-refractivity contribution >= 4 is 0 Å². The average molecular weight is 468 g/mol.